The van der Waals surface area contributed by atoms with E-state index < -0.39 is 5.56 Å². The monoisotopic (exact) mass is 405 g/mol. The number of halogens is 3. The Labute approximate surface area is 146 Å². The van der Waals surface area contributed by atoms with E-state index in [1.807, 2.05) is 36.2 Å². The molecule has 0 saturated carbocycles. The van der Waals surface area contributed by atoms with E-state index in [4.69, 9.17) is 27.9 Å². The van der Waals surface area contributed by atoms with Crippen molar-refractivity contribution in [3.63, 3.8) is 0 Å². The second-order valence-electron chi connectivity index (χ2n) is 4.63. The van der Waals surface area contributed by atoms with Gasteiger partial charge < -0.3 is 4.74 Å². The first-order valence-corrected chi connectivity index (χ1v) is 8.00. The Kier molecular flexibility index (Phi) is 6.26. The largest absolute Gasteiger partial charge is 0.492 e. The SMILES string of the molecule is CN(CCOc1ccc(Br)cc1)Cn1ncc(Cl)c(Cl)c1=O. The van der Waals surface area contributed by atoms with Crippen molar-refractivity contribution in [1.29, 1.82) is 0 Å². The predicted molar refractivity (Wildman–Crippen MR) is 90.8 cm³/mol. The Balaban J connectivity index is 1.85. The Hall–Kier alpha value is -1.08. The van der Waals surface area contributed by atoms with Gasteiger partial charge in [-0.15, -0.1) is 0 Å². The quantitative estimate of drug-likeness (QED) is 0.738. The van der Waals surface area contributed by atoms with Gasteiger partial charge in [-0.1, -0.05) is 39.1 Å². The highest BCUT2D eigenvalue weighted by molar-refractivity contribution is 9.10. The highest BCUT2D eigenvalue weighted by Gasteiger charge is 2.09. The van der Waals surface area contributed by atoms with Crippen LogP contribution in [0, 0.1) is 0 Å². The third-order valence-corrected chi connectivity index (χ3v) is 4.15. The molecular weight excluding hydrogens is 393 g/mol. The fourth-order valence-electron chi connectivity index (χ4n) is 1.70. The van der Waals surface area contributed by atoms with Crippen LogP contribution in [0.2, 0.25) is 10.0 Å². The summed E-state index contributed by atoms with van der Waals surface area (Å²) < 4.78 is 7.88. The molecule has 0 amide bonds. The van der Waals surface area contributed by atoms with Crippen LogP contribution < -0.4 is 10.3 Å². The number of hydrogen-bond acceptors (Lipinski definition) is 4. The first-order chi connectivity index (χ1) is 10.5. The van der Waals surface area contributed by atoms with Crippen LogP contribution >= 0.6 is 39.1 Å². The van der Waals surface area contributed by atoms with E-state index in [-0.39, 0.29) is 10.0 Å². The van der Waals surface area contributed by atoms with Crippen LogP contribution in [-0.2, 0) is 6.67 Å². The number of hydrogen-bond donors (Lipinski definition) is 0. The molecule has 2 aromatic rings. The lowest BCUT2D eigenvalue weighted by atomic mass is 10.3. The van der Waals surface area contributed by atoms with E-state index in [1.54, 1.807) is 0 Å². The Morgan fingerprint density at radius 3 is 2.68 bits per heavy atom. The molecule has 8 heteroatoms. The lowest BCUT2D eigenvalue weighted by molar-refractivity contribution is 0.195. The summed E-state index contributed by atoms with van der Waals surface area (Å²) in [5, 5.41) is 4.09. The summed E-state index contributed by atoms with van der Waals surface area (Å²) in [4.78, 5) is 13.8. The van der Waals surface area contributed by atoms with Gasteiger partial charge in [0.15, 0.2) is 0 Å². The van der Waals surface area contributed by atoms with E-state index in [2.05, 4.69) is 21.0 Å². The molecule has 0 saturated heterocycles. The minimum Gasteiger partial charge on any atom is -0.492 e. The first kappa shape index (κ1) is 17.3. The Morgan fingerprint density at radius 2 is 2.00 bits per heavy atom. The summed E-state index contributed by atoms with van der Waals surface area (Å²) in [6.45, 7) is 1.43. The van der Waals surface area contributed by atoms with Crippen LogP contribution in [0.15, 0.2) is 39.7 Å². The van der Waals surface area contributed by atoms with E-state index in [1.165, 1.54) is 10.9 Å². The van der Waals surface area contributed by atoms with E-state index in [9.17, 15) is 4.79 Å². The van der Waals surface area contributed by atoms with Crippen molar-refractivity contribution >= 4 is 39.1 Å². The van der Waals surface area contributed by atoms with Crippen LogP contribution in [0.25, 0.3) is 0 Å². The normalized spacial score (nSPS) is 11.0. The summed E-state index contributed by atoms with van der Waals surface area (Å²) in [6.07, 6.45) is 1.36. The topological polar surface area (TPSA) is 47.4 Å². The smallest absolute Gasteiger partial charge is 0.288 e. The van der Waals surface area contributed by atoms with E-state index >= 15 is 0 Å². The van der Waals surface area contributed by atoms with Gasteiger partial charge in [-0.2, -0.15) is 5.10 Å². The molecule has 22 heavy (non-hydrogen) atoms. The summed E-state index contributed by atoms with van der Waals surface area (Å²) in [6, 6.07) is 7.60. The molecule has 0 fully saturated rings. The van der Waals surface area contributed by atoms with Crippen LogP contribution in [0.1, 0.15) is 0 Å². The second kappa shape index (κ2) is 7.97. The molecule has 0 bridgehead atoms. The molecule has 1 aromatic carbocycles. The maximum absolute atomic E-state index is 11.9. The lowest BCUT2D eigenvalue weighted by Crippen LogP contribution is -2.34. The standard InChI is InChI=1S/C14H14BrCl2N3O2/c1-19(6-7-22-11-4-2-10(15)3-5-11)9-20-14(21)13(17)12(16)8-18-20/h2-5,8H,6-7,9H2,1H3. The van der Waals surface area contributed by atoms with Crippen molar-refractivity contribution in [3.05, 3.63) is 55.3 Å². The van der Waals surface area contributed by atoms with Gasteiger partial charge in [-0.3, -0.25) is 9.69 Å². The number of aromatic nitrogens is 2. The average molecular weight is 407 g/mol. The van der Waals surface area contributed by atoms with Gasteiger partial charge >= 0.3 is 0 Å². The molecule has 0 aliphatic heterocycles. The van der Waals surface area contributed by atoms with Gasteiger partial charge in [0, 0.05) is 11.0 Å². The van der Waals surface area contributed by atoms with Gasteiger partial charge in [0.05, 0.1) is 17.9 Å². The maximum atomic E-state index is 11.9. The van der Waals surface area contributed by atoms with Crippen LogP contribution in [0.4, 0.5) is 0 Å². The second-order valence-corrected chi connectivity index (χ2v) is 6.34. The summed E-state index contributed by atoms with van der Waals surface area (Å²) >= 11 is 14.9. The minimum absolute atomic E-state index is 0.0174. The zero-order valence-corrected chi connectivity index (χ0v) is 14.9. The molecule has 1 aromatic heterocycles. The van der Waals surface area contributed by atoms with Crippen molar-refractivity contribution in [3.8, 4) is 5.75 Å². The van der Waals surface area contributed by atoms with Crippen molar-refractivity contribution in [2.45, 2.75) is 6.67 Å². The molecule has 0 spiro atoms. The van der Waals surface area contributed by atoms with Gasteiger partial charge in [-0.25, -0.2) is 4.68 Å². The zero-order valence-electron chi connectivity index (χ0n) is 11.8. The molecule has 0 aliphatic rings. The maximum Gasteiger partial charge on any atom is 0.288 e. The molecule has 0 aliphatic carbocycles. The number of nitrogens with zero attached hydrogens (tertiary/aromatic N) is 3. The number of rotatable bonds is 6. The molecular formula is C14H14BrCl2N3O2. The summed E-state index contributed by atoms with van der Waals surface area (Å²) in [5.74, 6) is 0.793. The Bertz CT molecular complexity index is 691. The van der Waals surface area contributed by atoms with E-state index in [0.717, 1.165) is 10.2 Å². The van der Waals surface area contributed by atoms with Crippen molar-refractivity contribution in [2.24, 2.45) is 0 Å². The molecule has 118 valence electrons. The highest BCUT2D eigenvalue weighted by Crippen LogP contribution is 2.16. The third kappa shape index (κ3) is 4.71. The molecule has 1 heterocycles. The average Bonchev–Trinajstić information content (AvgIpc) is 2.50. The molecule has 0 N–H and O–H groups in total. The van der Waals surface area contributed by atoms with Crippen molar-refractivity contribution < 1.29 is 4.74 Å². The number of ether oxygens (including phenoxy) is 1. The Morgan fingerprint density at radius 1 is 1.32 bits per heavy atom. The van der Waals surface area contributed by atoms with Crippen LogP contribution in [0.5, 0.6) is 5.75 Å². The van der Waals surface area contributed by atoms with Crippen LogP contribution in [0.3, 0.4) is 0 Å². The fourth-order valence-corrected chi connectivity index (χ4v) is 2.23. The molecule has 5 nitrogen and oxygen atoms in total. The molecule has 0 atom stereocenters. The predicted octanol–water partition coefficient (Wildman–Crippen LogP) is 3.28. The lowest BCUT2D eigenvalue weighted by Gasteiger charge is -2.17. The number of likely N-dealkylation sites (N-methyl/N-ethyl adjacent to an activating group) is 1. The summed E-state index contributed by atoms with van der Waals surface area (Å²) in [7, 11) is 1.86. The van der Waals surface area contributed by atoms with Crippen molar-refractivity contribution in [1.82, 2.24) is 14.7 Å². The van der Waals surface area contributed by atoms with Gasteiger partial charge in [0.2, 0.25) is 0 Å². The van der Waals surface area contributed by atoms with Gasteiger partial charge in [0.25, 0.3) is 5.56 Å². The molecule has 0 unspecified atom stereocenters. The van der Waals surface area contributed by atoms with Gasteiger partial charge in [-0.05, 0) is 31.3 Å². The zero-order chi connectivity index (χ0) is 16.1. The first-order valence-electron chi connectivity index (χ1n) is 6.45. The summed E-state index contributed by atoms with van der Waals surface area (Å²) in [5.41, 5.74) is -0.408. The highest BCUT2D eigenvalue weighted by atomic mass is 79.9. The van der Waals surface area contributed by atoms with Crippen molar-refractivity contribution in [2.75, 3.05) is 20.2 Å². The van der Waals surface area contributed by atoms with Crippen LogP contribution in [-0.4, -0.2) is 34.9 Å². The minimum atomic E-state index is -0.408. The van der Waals surface area contributed by atoms with E-state index in [0.29, 0.717) is 19.8 Å². The third-order valence-electron chi connectivity index (χ3n) is 2.87. The molecule has 0 radical (unpaired) electrons. The number of benzene rings is 1. The fraction of sp³-hybridized carbons (Fsp3) is 0.286. The van der Waals surface area contributed by atoms with Gasteiger partial charge in [0.1, 0.15) is 17.4 Å². The molecule has 2 rings (SSSR count).